The van der Waals surface area contributed by atoms with Crippen LogP contribution in [0.5, 0.6) is 0 Å². The van der Waals surface area contributed by atoms with Crippen LogP contribution >= 0.6 is 9.84 Å². The number of carbonyl (C=O) groups is 1. The topological polar surface area (TPSA) is 32.3 Å². The molecular formula is C11H12F8N2OS. The lowest BCUT2D eigenvalue weighted by molar-refractivity contribution is -0.0828. The normalized spacial score (nSPS) is 15.8. The average Bonchev–Trinajstić information content (AvgIpc) is 2.37. The van der Waals surface area contributed by atoms with Gasteiger partial charge in [-0.3, -0.25) is 0 Å². The lowest BCUT2D eigenvalue weighted by atomic mass is 10.3. The minimum absolute atomic E-state index is 0.0941. The highest BCUT2D eigenvalue weighted by Crippen LogP contribution is 3.07. The largest absolute Gasteiger partial charge is 0.416 e. The minimum atomic E-state index is -10.7. The van der Waals surface area contributed by atoms with Gasteiger partial charge in [-0.05, 0) is 18.2 Å². The molecule has 0 bridgehead atoms. The molecular weight excluding hydrogens is 360 g/mol. The Kier molecular flexibility index (Phi) is 4.11. The predicted molar refractivity (Wildman–Crippen MR) is 70.4 cm³/mol. The summed E-state index contributed by atoms with van der Waals surface area (Å²) >= 11 is 0. The number of hydrogen-bond acceptors (Lipinski definition) is 1. The molecule has 0 saturated heterocycles. The van der Waals surface area contributed by atoms with Gasteiger partial charge in [-0.2, -0.15) is 8.78 Å². The van der Waals surface area contributed by atoms with E-state index in [4.69, 9.17) is 0 Å². The van der Waals surface area contributed by atoms with Crippen molar-refractivity contribution < 1.29 is 37.9 Å². The van der Waals surface area contributed by atoms with E-state index >= 15 is 0 Å². The summed E-state index contributed by atoms with van der Waals surface area (Å²) in [7, 11) is -8.20. The summed E-state index contributed by atoms with van der Waals surface area (Å²) in [5.74, 6) is 0. The van der Waals surface area contributed by atoms with Gasteiger partial charge in [-0.25, -0.2) is 13.6 Å². The Hall–Kier alpha value is -1.72. The first-order valence-corrected chi connectivity index (χ1v) is 7.82. The highest BCUT2D eigenvalue weighted by Gasteiger charge is 2.86. The van der Waals surface area contributed by atoms with E-state index in [0.29, 0.717) is 6.07 Å². The van der Waals surface area contributed by atoms with E-state index in [1.807, 2.05) is 5.32 Å². The van der Waals surface area contributed by atoms with Gasteiger partial charge in [0.1, 0.15) is 0 Å². The van der Waals surface area contributed by atoms with Crippen molar-refractivity contribution >= 4 is 21.6 Å². The molecule has 0 spiro atoms. The summed E-state index contributed by atoms with van der Waals surface area (Å²) in [6.45, 7) is 0. The third-order valence-electron chi connectivity index (χ3n) is 2.77. The number of nitrogens with one attached hydrogen (secondary N) is 1. The fraction of sp³-hybridized carbons (Fsp3) is 0.364. The van der Waals surface area contributed by atoms with Crippen molar-refractivity contribution in [3.05, 3.63) is 24.3 Å². The minimum Gasteiger partial charge on any atom is -0.331 e. The second kappa shape index (κ2) is 4.89. The Bertz CT molecular complexity index is 627. The maximum absolute atomic E-state index is 13.7. The summed E-state index contributed by atoms with van der Waals surface area (Å²) in [6.07, 6.45) is -5.28. The molecule has 1 aromatic rings. The third kappa shape index (κ3) is 3.03. The summed E-state index contributed by atoms with van der Waals surface area (Å²) in [5, 5.41) is -4.98. The highest BCUT2D eigenvalue weighted by atomic mass is 32.5. The van der Waals surface area contributed by atoms with Crippen molar-refractivity contribution in [3.8, 4) is 0 Å². The Morgan fingerprint density at radius 3 is 2.13 bits per heavy atom. The van der Waals surface area contributed by atoms with E-state index in [2.05, 4.69) is 0 Å². The molecule has 0 aliphatic carbocycles. The van der Waals surface area contributed by atoms with Crippen LogP contribution in [-0.4, -0.2) is 36.7 Å². The number of benzene rings is 1. The number of alkyl halides is 4. The van der Waals surface area contributed by atoms with Crippen LogP contribution in [0.1, 0.15) is 0 Å². The molecule has 0 atom stereocenters. The van der Waals surface area contributed by atoms with Crippen LogP contribution in [0.4, 0.5) is 43.6 Å². The van der Waals surface area contributed by atoms with Crippen LogP contribution in [0.25, 0.3) is 0 Å². The van der Waals surface area contributed by atoms with E-state index < -0.39 is 38.1 Å². The number of amides is 2. The predicted octanol–water partition coefficient (Wildman–Crippen LogP) is 5.41. The second-order valence-corrected chi connectivity index (χ2v) is 7.94. The lowest BCUT2D eigenvalue weighted by Crippen LogP contribution is -2.42. The number of urea groups is 1. The Balaban J connectivity index is 3.48. The van der Waals surface area contributed by atoms with Crippen LogP contribution in [0, 0.1) is 0 Å². The van der Waals surface area contributed by atoms with Crippen molar-refractivity contribution in [1.82, 2.24) is 4.90 Å². The maximum Gasteiger partial charge on any atom is 0.416 e. The van der Waals surface area contributed by atoms with E-state index in [-0.39, 0.29) is 12.1 Å². The van der Waals surface area contributed by atoms with Crippen molar-refractivity contribution in [2.45, 2.75) is 16.6 Å². The van der Waals surface area contributed by atoms with Gasteiger partial charge in [0.05, 0.1) is 4.90 Å². The van der Waals surface area contributed by atoms with Gasteiger partial charge in [-0.15, -0.1) is 15.5 Å². The van der Waals surface area contributed by atoms with E-state index in [1.165, 1.54) is 14.1 Å². The molecule has 134 valence electrons. The SMILES string of the molecule is CN(C)C(=O)Nc1cccc(S(F)(F)(F)(F)C(F)(F)C(F)F)c1. The monoisotopic (exact) mass is 372 g/mol. The fourth-order valence-electron chi connectivity index (χ4n) is 1.40. The smallest absolute Gasteiger partial charge is 0.331 e. The van der Waals surface area contributed by atoms with Gasteiger partial charge < -0.3 is 10.2 Å². The number of rotatable bonds is 4. The quantitative estimate of drug-likeness (QED) is 0.704. The lowest BCUT2D eigenvalue weighted by Gasteiger charge is -2.53. The molecule has 23 heavy (non-hydrogen) atoms. The summed E-state index contributed by atoms with van der Waals surface area (Å²) in [4.78, 5) is 9.66. The molecule has 0 fully saturated rings. The zero-order valence-corrected chi connectivity index (χ0v) is 12.5. The highest BCUT2D eigenvalue weighted by molar-refractivity contribution is 8.50. The summed E-state index contributed by atoms with van der Waals surface area (Å²) < 4.78 is 105. The van der Waals surface area contributed by atoms with Crippen LogP contribution in [0.2, 0.25) is 0 Å². The van der Waals surface area contributed by atoms with Gasteiger partial charge in [0.15, 0.2) is 0 Å². The van der Waals surface area contributed by atoms with Gasteiger partial charge in [-0.1, -0.05) is 6.07 Å². The molecule has 0 saturated carbocycles. The van der Waals surface area contributed by atoms with E-state index in [0.717, 1.165) is 11.0 Å². The molecule has 1 rings (SSSR count). The molecule has 0 unspecified atom stereocenters. The van der Waals surface area contributed by atoms with Gasteiger partial charge in [0.25, 0.3) is 0 Å². The second-order valence-electron chi connectivity index (χ2n) is 4.78. The maximum atomic E-state index is 13.7. The first kappa shape index (κ1) is 19.3. The summed E-state index contributed by atoms with van der Waals surface area (Å²) in [5.41, 5.74) is -0.679. The number of carbonyl (C=O) groups excluding carboxylic acids is 1. The van der Waals surface area contributed by atoms with Crippen LogP contribution < -0.4 is 5.32 Å². The number of hydrogen-bond donors (Lipinski definition) is 1. The number of anilines is 1. The molecule has 0 aliphatic rings. The molecule has 3 nitrogen and oxygen atoms in total. The molecule has 2 amide bonds. The molecule has 0 radical (unpaired) electrons. The zero-order valence-electron chi connectivity index (χ0n) is 11.7. The molecule has 0 aromatic heterocycles. The molecule has 1 aromatic carbocycles. The molecule has 0 aliphatic heterocycles. The first-order chi connectivity index (χ1) is 10.0. The van der Waals surface area contributed by atoms with Crippen LogP contribution in [0.15, 0.2) is 29.2 Å². The third-order valence-corrected chi connectivity index (χ3v) is 5.24. The van der Waals surface area contributed by atoms with Crippen molar-refractivity contribution in [3.63, 3.8) is 0 Å². The van der Waals surface area contributed by atoms with Crippen molar-refractivity contribution in [1.29, 1.82) is 0 Å². The Morgan fingerprint density at radius 2 is 1.70 bits per heavy atom. The van der Waals surface area contributed by atoms with Crippen LogP contribution in [-0.2, 0) is 0 Å². The molecule has 0 heterocycles. The van der Waals surface area contributed by atoms with E-state index in [1.54, 1.807) is 0 Å². The first-order valence-electron chi connectivity index (χ1n) is 5.77. The molecule has 1 N–H and O–H groups in total. The standard InChI is InChI=1S/C11H12F8N2OS/c1-21(2)10(22)20-7-4-3-5-8(6-7)23(16,17,18,19)11(14,15)9(12)13/h3-6,9H,1-2H3,(H,20,22). The van der Waals surface area contributed by atoms with Crippen LogP contribution in [0.3, 0.4) is 0 Å². The Morgan fingerprint density at radius 1 is 1.17 bits per heavy atom. The van der Waals surface area contributed by atoms with Gasteiger partial charge in [0, 0.05) is 19.8 Å². The number of nitrogens with zero attached hydrogens (tertiary/aromatic N) is 1. The van der Waals surface area contributed by atoms with Crippen molar-refractivity contribution in [2.24, 2.45) is 0 Å². The fourth-order valence-corrected chi connectivity index (χ4v) is 2.79. The molecule has 12 heteroatoms. The summed E-state index contributed by atoms with van der Waals surface area (Å²) in [6, 6.07) is 0.202. The average molecular weight is 372 g/mol. The van der Waals surface area contributed by atoms with Gasteiger partial charge >= 0.3 is 17.7 Å². The van der Waals surface area contributed by atoms with Crippen molar-refractivity contribution in [2.75, 3.05) is 19.4 Å². The van der Waals surface area contributed by atoms with Gasteiger partial charge in [0.2, 0.25) is 9.84 Å². The Labute approximate surface area is 125 Å². The zero-order chi connectivity index (χ0) is 18.3. The number of halogens is 8. The van der Waals surface area contributed by atoms with E-state index in [9.17, 15) is 37.9 Å².